The molecule has 0 radical (unpaired) electrons. The van der Waals surface area contributed by atoms with Crippen LogP contribution in [0.25, 0.3) is 22.2 Å². The van der Waals surface area contributed by atoms with Crippen molar-refractivity contribution in [3.63, 3.8) is 0 Å². The van der Waals surface area contributed by atoms with Gasteiger partial charge in [0, 0.05) is 16.6 Å². The van der Waals surface area contributed by atoms with Crippen LogP contribution in [0.1, 0.15) is 11.1 Å². The summed E-state index contributed by atoms with van der Waals surface area (Å²) in [6, 6.07) is 14.3. The Kier molecular flexibility index (Phi) is 2.95. The molecule has 1 N–H and O–H groups in total. The molecule has 0 spiro atoms. The molecule has 0 fully saturated rings. The Hall–Kier alpha value is -2.74. The number of rotatable bonds is 1. The summed E-state index contributed by atoms with van der Waals surface area (Å²) in [6.45, 7) is 0. The predicted octanol–water partition coefficient (Wildman–Crippen LogP) is 4.73. The van der Waals surface area contributed by atoms with E-state index in [0.717, 1.165) is 17.7 Å². The van der Waals surface area contributed by atoms with Crippen LogP contribution in [-0.2, 0) is 6.18 Å². The van der Waals surface area contributed by atoms with Crippen LogP contribution in [0.4, 0.5) is 13.2 Å². The summed E-state index contributed by atoms with van der Waals surface area (Å²) in [5, 5.41) is 9.47. The molecule has 0 aliphatic heterocycles. The summed E-state index contributed by atoms with van der Waals surface area (Å²) in [5.74, 6) is 0. The van der Waals surface area contributed by atoms with Crippen LogP contribution in [0.3, 0.4) is 0 Å². The van der Waals surface area contributed by atoms with Crippen molar-refractivity contribution in [2.45, 2.75) is 6.18 Å². The SMILES string of the molecule is N#Cc1ccc(-c2cc3ccc(C(F)(F)F)cc3[nH]2)cc1. The van der Waals surface area contributed by atoms with E-state index >= 15 is 0 Å². The lowest BCUT2D eigenvalue weighted by molar-refractivity contribution is -0.137. The maximum absolute atomic E-state index is 12.7. The fourth-order valence-corrected chi connectivity index (χ4v) is 2.18. The van der Waals surface area contributed by atoms with Crippen LogP contribution < -0.4 is 0 Å². The van der Waals surface area contributed by atoms with Crippen molar-refractivity contribution in [2.24, 2.45) is 0 Å². The molecule has 0 amide bonds. The second kappa shape index (κ2) is 4.67. The van der Waals surface area contributed by atoms with Crippen LogP contribution >= 0.6 is 0 Å². The number of hydrogen-bond acceptors (Lipinski definition) is 1. The van der Waals surface area contributed by atoms with Crippen molar-refractivity contribution >= 4 is 10.9 Å². The Morgan fingerprint density at radius 3 is 2.29 bits per heavy atom. The standard InChI is InChI=1S/C16H9F3N2/c17-16(18,19)13-6-5-12-7-14(21-15(12)8-13)11-3-1-10(9-20)2-4-11/h1-8,21H. The summed E-state index contributed by atoms with van der Waals surface area (Å²) in [5.41, 5.74) is 1.83. The molecule has 1 aromatic heterocycles. The highest BCUT2D eigenvalue weighted by Crippen LogP contribution is 2.32. The fourth-order valence-electron chi connectivity index (χ4n) is 2.18. The van der Waals surface area contributed by atoms with E-state index in [1.54, 1.807) is 30.3 Å². The van der Waals surface area contributed by atoms with Crippen molar-refractivity contribution in [3.05, 3.63) is 59.7 Å². The highest BCUT2D eigenvalue weighted by atomic mass is 19.4. The Bertz CT molecular complexity index is 837. The molecule has 5 heteroatoms. The molecule has 0 atom stereocenters. The van der Waals surface area contributed by atoms with E-state index in [4.69, 9.17) is 5.26 Å². The third kappa shape index (κ3) is 2.48. The van der Waals surface area contributed by atoms with Gasteiger partial charge in [0.05, 0.1) is 17.2 Å². The first-order valence-corrected chi connectivity index (χ1v) is 6.18. The number of nitrogens with one attached hydrogen (secondary N) is 1. The first-order chi connectivity index (χ1) is 9.97. The second-order valence-electron chi connectivity index (χ2n) is 4.67. The van der Waals surface area contributed by atoms with Gasteiger partial charge in [-0.25, -0.2) is 0 Å². The smallest absolute Gasteiger partial charge is 0.355 e. The van der Waals surface area contributed by atoms with E-state index in [-0.39, 0.29) is 0 Å². The second-order valence-corrected chi connectivity index (χ2v) is 4.67. The number of hydrogen-bond donors (Lipinski definition) is 1. The van der Waals surface area contributed by atoms with Crippen LogP contribution in [0, 0.1) is 11.3 Å². The number of aromatic amines is 1. The number of H-pyrrole nitrogens is 1. The fraction of sp³-hybridized carbons (Fsp3) is 0.0625. The topological polar surface area (TPSA) is 39.6 Å². The van der Waals surface area contributed by atoms with Gasteiger partial charge in [-0.3, -0.25) is 0 Å². The van der Waals surface area contributed by atoms with Crippen LogP contribution in [0.5, 0.6) is 0 Å². The maximum Gasteiger partial charge on any atom is 0.416 e. The number of halogens is 3. The van der Waals surface area contributed by atoms with E-state index in [1.807, 2.05) is 6.07 Å². The molecule has 0 saturated heterocycles. The van der Waals surface area contributed by atoms with Crippen LogP contribution in [0.15, 0.2) is 48.5 Å². The Balaban J connectivity index is 2.06. The molecule has 0 saturated carbocycles. The summed E-state index contributed by atoms with van der Waals surface area (Å²) < 4.78 is 38.1. The lowest BCUT2D eigenvalue weighted by Gasteiger charge is -2.05. The van der Waals surface area contributed by atoms with Crippen molar-refractivity contribution < 1.29 is 13.2 Å². The lowest BCUT2D eigenvalue weighted by Crippen LogP contribution is -2.03. The van der Waals surface area contributed by atoms with Gasteiger partial charge in [-0.15, -0.1) is 0 Å². The van der Waals surface area contributed by atoms with E-state index in [9.17, 15) is 13.2 Å². The van der Waals surface area contributed by atoms with Crippen molar-refractivity contribution in [2.75, 3.05) is 0 Å². The average Bonchev–Trinajstić information content (AvgIpc) is 2.89. The summed E-state index contributed by atoms with van der Waals surface area (Å²) in [4.78, 5) is 2.98. The monoisotopic (exact) mass is 286 g/mol. The van der Waals surface area contributed by atoms with Gasteiger partial charge in [0.1, 0.15) is 0 Å². The number of benzene rings is 2. The number of aromatic nitrogens is 1. The number of nitrogens with zero attached hydrogens (tertiary/aromatic N) is 1. The van der Waals surface area contributed by atoms with Gasteiger partial charge in [0.2, 0.25) is 0 Å². The lowest BCUT2D eigenvalue weighted by atomic mass is 10.1. The van der Waals surface area contributed by atoms with E-state index in [0.29, 0.717) is 22.2 Å². The highest BCUT2D eigenvalue weighted by Gasteiger charge is 2.30. The molecule has 3 rings (SSSR count). The van der Waals surface area contributed by atoms with Crippen LogP contribution in [0.2, 0.25) is 0 Å². The molecule has 0 unspecified atom stereocenters. The van der Waals surface area contributed by atoms with Crippen molar-refractivity contribution in [1.82, 2.24) is 4.98 Å². The van der Waals surface area contributed by atoms with Crippen molar-refractivity contribution in [1.29, 1.82) is 5.26 Å². The Morgan fingerprint density at radius 1 is 0.952 bits per heavy atom. The van der Waals surface area contributed by atoms with Gasteiger partial charge in [-0.2, -0.15) is 18.4 Å². The molecule has 3 aromatic rings. The highest BCUT2D eigenvalue weighted by molar-refractivity contribution is 5.86. The Morgan fingerprint density at radius 2 is 1.67 bits per heavy atom. The average molecular weight is 286 g/mol. The number of alkyl halides is 3. The predicted molar refractivity (Wildman–Crippen MR) is 73.5 cm³/mol. The molecule has 2 nitrogen and oxygen atoms in total. The summed E-state index contributed by atoms with van der Waals surface area (Å²) in [7, 11) is 0. The third-order valence-electron chi connectivity index (χ3n) is 3.27. The molecule has 0 aliphatic carbocycles. The largest absolute Gasteiger partial charge is 0.416 e. The molecule has 0 bridgehead atoms. The molecular formula is C16H9F3N2. The maximum atomic E-state index is 12.7. The Labute approximate surface area is 118 Å². The zero-order valence-electron chi connectivity index (χ0n) is 10.7. The van der Waals surface area contributed by atoms with Gasteiger partial charge in [-0.05, 0) is 35.9 Å². The van der Waals surface area contributed by atoms with E-state index in [1.165, 1.54) is 6.07 Å². The zero-order chi connectivity index (χ0) is 15.0. The zero-order valence-corrected chi connectivity index (χ0v) is 10.7. The van der Waals surface area contributed by atoms with Crippen molar-refractivity contribution in [3.8, 4) is 17.3 Å². The molecule has 0 aliphatic rings. The van der Waals surface area contributed by atoms with Gasteiger partial charge in [0.15, 0.2) is 0 Å². The van der Waals surface area contributed by atoms with Gasteiger partial charge in [-0.1, -0.05) is 18.2 Å². The third-order valence-corrected chi connectivity index (χ3v) is 3.27. The molecule has 2 aromatic carbocycles. The minimum atomic E-state index is -4.35. The normalized spacial score (nSPS) is 11.5. The first kappa shape index (κ1) is 13.3. The quantitative estimate of drug-likeness (QED) is 0.690. The molecule has 104 valence electrons. The minimum absolute atomic E-state index is 0.434. The van der Waals surface area contributed by atoms with Crippen LogP contribution in [-0.4, -0.2) is 4.98 Å². The molecule has 21 heavy (non-hydrogen) atoms. The van der Waals surface area contributed by atoms with Gasteiger partial charge in [0.25, 0.3) is 0 Å². The first-order valence-electron chi connectivity index (χ1n) is 6.18. The summed E-state index contributed by atoms with van der Waals surface area (Å²) >= 11 is 0. The minimum Gasteiger partial charge on any atom is -0.355 e. The molecular weight excluding hydrogens is 277 g/mol. The number of nitriles is 1. The summed E-state index contributed by atoms with van der Waals surface area (Å²) in [6.07, 6.45) is -4.35. The van der Waals surface area contributed by atoms with Gasteiger partial charge < -0.3 is 4.98 Å². The number of fused-ring (bicyclic) bond motifs is 1. The van der Waals surface area contributed by atoms with E-state index < -0.39 is 11.7 Å². The van der Waals surface area contributed by atoms with E-state index in [2.05, 4.69) is 4.98 Å². The van der Waals surface area contributed by atoms with Gasteiger partial charge >= 0.3 is 6.18 Å². The molecule has 1 heterocycles.